The summed E-state index contributed by atoms with van der Waals surface area (Å²) in [4.78, 5) is 15.4. The van der Waals surface area contributed by atoms with Crippen LogP contribution in [0.3, 0.4) is 0 Å². The van der Waals surface area contributed by atoms with E-state index < -0.39 is 0 Å². The van der Waals surface area contributed by atoms with Crippen molar-refractivity contribution in [2.45, 2.75) is 32.6 Å². The molecule has 1 heterocycles. The molecule has 1 aliphatic rings. The minimum Gasteiger partial charge on any atom is -0.303 e. The van der Waals surface area contributed by atoms with Gasteiger partial charge in [-0.15, -0.1) is 0 Å². The molecule has 1 saturated carbocycles. The molecule has 0 aromatic carbocycles. The maximum Gasteiger partial charge on any atom is 0.126 e. The van der Waals surface area contributed by atoms with Gasteiger partial charge in [-0.3, -0.25) is 4.98 Å². The Morgan fingerprint density at radius 2 is 2.53 bits per heavy atom. The van der Waals surface area contributed by atoms with Crippen LogP contribution < -0.4 is 0 Å². The van der Waals surface area contributed by atoms with Gasteiger partial charge in [-0.1, -0.05) is 13.0 Å². The van der Waals surface area contributed by atoms with Gasteiger partial charge in [0.25, 0.3) is 0 Å². The van der Waals surface area contributed by atoms with Crippen LogP contribution in [0.1, 0.15) is 31.7 Å². The van der Waals surface area contributed by atoms with E-state index >= 15 is 0 Å². The van der Waals surface area contributed by atoms with Crippen LogP contribution in [-0.4, -0.2) is 11.3 Å². The first kappa shape index (κ1) is 10.3. The molecule has 1 aromatic heterocycles. The summed E-state index contributed by atoms with van der Waals surface area (Å²) in [5.74, 6) is 0.687. The molecule has 0 radical (unpaired) electrons. The van der Waals surface area contributed by atoms with E-state index in [2.05, 4.69) is 18.0 Å². The number of hydrogen-bond donors (Lipinski definition) is 0. The molecule has 0 spiro atoms. The number of aromatic nitrogens is 1. The lowest BCUT2D eigenvalue weighted by Crippen LogP contribution is -2.22. The Balaban J connectivity index is 2.12. The van der Waals surface area contributed by atoms with Gasteiger partial charge >= 0.3 is 0 Å². The van der Waals surface area contributed by atoms with Gasteiger partial charge in [0.2, 0.25) is 0 Å². The van der Waals surface area contributed by atoms with Crippen molar-refractivity contribution < 1.29 is 4.79 Å². The SMILES string of the molecule is CC1CCC(C=O)(Cc2cccnc2)C1. The largest absolute Gasteiger partial charge is 0.303 e. The fraction of sp³-hybridized carbons (Fsp3) is 0.538. The summed E-state index contributed by atoms with van der Waals surface area (Å²) >= 11 is 0. The Hall–Kier alpha value is -1.18. The topological polar surface area (TPSA) is 30.0 Å². The van der Waals surface area contributed by atoms with Gasteiger partial charge < -0.3 is 4.79 Å². The van der Waals surface area contributed by atoms with E-state index in [4.69, 9.17) is 0 Å². The number of rotatable bonds is 3. The van der Waals surface area contributed by atoms with E-state index in [-0.39, 0.29) is 5.41 Å². The van der Waals surface area contributed by atoms with Crippen LogP contribution in [-0.2, 0) is 11.2 Å². The fourth-order valence-corrected chi connectivity index (χ4v) is 2.65. The zero-order valence-corrected chi connectivity index (χ0v) is 9.15. The quantitative estimate of drug-likeness (QED) is 0.707. The second-order valence-corrected chi connectivity index (χ2v) is 4.87. The van der Waals surface area contributed by atoms with Crippen molar-refractivity contribution in [3.63, 3.8) is 0 Å². The van der Waals surface area contributed by atoms with Gasteiger partial charge in [-0.05, 0) is 43.2 Å². The van der Waals surface area contributed by atoms with Crippen molar-refractivity contribution in [2.75, 3.05) is 0 Å². The summed E-state index contributed by atoms with van der Waals surface area (Å²) in [6, 6.07) is 3.99. The third kappa shape index (κ3) is 2.25. The van der Waals surface area contributed by atoms with Gasteiger partial charge in [0.1, 0.15) is 6.29 Å². The van der Waals surface area contributed by atoms with E-state index in [9.17, 15) is 4.79 Å². The second kappa shape index (κ2) is 4.13. The molecule has 2 rings (SSSR count). The van der Waals surface area contributed by atoms with Crippen molar-refractivity contribution in [1.29, 1.82) is 0 Å². The van der Waals surface area contributed by atoms with Crippen LogP contribution in [0.4, 0.5) is 0 Å². The van der Waals surface area contributed by atoms with E-state index in [0.717, 1.165) is 19.3 Å². The highest BCUT2D eigenvalue weighted by molar-refractivity contribution is 5.60. The van der Waals surface area contributed by atoms with Crippen LogP contribution in [0, 0.1) is 11.3 Å². The minimum absolute atomic E-state index is 0.109. The molecule has 0 bridgehead atoms. The number of aldehydes is 1. The molecule has 1 fully saturated rings. The third-order valence-electron chi connectivity index (χ3n) is 3.42. The number of pyridine rings is 1. The van der Waals surface area contributed by atoms with Crippen LogP contribution in [0.5, 0.6) is 0 Å². The average molecular weight is 203 g/mol. The second-order valence-electron chi connectivity index (χ2n) is 4.87. The predicted octanol–water partition coefficient (Wildman–Crippen LogP) is 2.63. The lowest BCUT2D eigenvalue weighted by molar-refractivity contribution is -0.116. The molecule has 2 unspecified atom stereocenters. The van der Waals surface area contributed by atoms with Crippen molar-refractivity contribution in [3.8, 4) is 0 Å². The summed E-state index contributed by atoms with van der Waals surface area (Å²) in [5.41, 5.74) is 1.07. The lowest BCUT2D eigenvalue weighted by Gasteiger charge is -2.21. The Morgan fingerprint density at radius 3 is 3.07 bits per heavy atom. The summed E-state index contributed by atoms with van der Waals surface area (Å²) in [7, 11) is 0. The summed E-state index contributed by atoms with van der Waals surface area (Å²) in [6.07, 6.45) is 8.91. The predicted molar refractivity (Wildman–Crippen MR) is 59.5 cm³/mol. The van der Waals surface area contributed by atoms with Crippen LogP contribution in [0.2, 0.25) is 0 Å². The first-order valence-corrected chi connectivity index (χ1v) is 5.59. The molecule has 1 aromatic rings. The first-order valence-electron chi connectivity index (χ1n) is 5.59. The Kier molecular flexibility index (Phi) is 2.85. The summed E-state index contributed by atoms with van der Waals surface area (Å²) in [5, 5.41) is 0. The lowest BCUT2D eigenvalue weighted by atomic mass is 9.81. The zero-order chi connectivity index (χ0) is 10.7. The molecule has 0 saturated heterocycles. The molecule has 2 heteroatoms. The van der Waals surface area contributed by atoms with E-state index in [1.165, 1.54) is 18.3 Å². The molecule has 0 aliphatic heterocycles. The highest BCUT2D eigenvalue weighted by Crippen LogP contribution is 2.42. The van der Waals surface area contributed by atoms with Gasteiger partial charge in [-0.25, -0.2) is 0 Å². The molecule has 0 N–H and O–H groups in total. The summed E-state index contributed by atoms with van der Waals surface area (Å²) in [6.45, 7) is 2.23. The monoisotopic (exact) mass is 203 g/mol. The maximum atomic E-state index is 11.3. The first-order chi connectivity index (χ1) is 7.24. The van der Waals surface area contributed by atoms with E-state index in [1.54, 1.807) is 6.20 Å². The highest BCUT2D eigenvalue weighted by Gasteiger charge is 2.37. The Morgan fingerprint density at radius 1 is 1.67 bits per heavy atom. The molecule has 2 atom stereocenters. The highest BCUT2D eigenvalue weighted by atomic mass is 16.1. The Bertz CT molecular complexity index is 336. The molecular formula is C13H17NO. The molecule has 15 heavy (non-hydrogen) atoms. The van der Waals surface area contributed by atoms with E-state index in [1.807, 2.05) is 12.3 Å². The fourth-order valence-electron chi connectivity index (χ4n) is 2.65. The molecule has 1 aliphatic carbocycles. The van der Waals surface area contributed by atoms with Crippen molar-refractivity contribution in [2.24, 2.45) is 11.3 Å². The van der Waals surface area contributed by atoms with Crippen LogP contribution >= 0.6 is 0 Å². The van der Waals surface area contributed by atoms with Gasteiger partial charge in [0.05, 0.1) is 0 Å². The smallest absolute Gasteiger partial charge is 0.126 e. The molecule has 2 nitrogen and oxygen atoms in total. The maximum absolute atomic E-state index is 11.3. The van der Waals surface area contributed by atoms with Crippen LogP contribution in [0.15, 0.2) is 24.5 Å². The molecular weight excluding hydrogens is 186 g/mol. The third-order valence-corrected chi connectivity index (χ3v) is 3.42. The van der Waals surface area contributed by atoms with Gasteiger partial charge in [0.15, 0.2) is 0 Å². The van der Waals surface area contributed by atoms with Gasteiger partial charge in [0, 0.05) is 17.8 Å². The summed E-state index contributed by atoms with van der Waals surface area (Å²) < 4.78 is 0. The zero-order valence-electron chi connectivity index (χ0n) is 9.15. The van der Waals surface area contributed by atoms with Crippen molar-refractivity contribution in [3.05, 3.63) is 30.1 Å². The number of nitrogens with zero attached hydrogens (tertiary/aromatic N) is 1. The van der Waals surface area contributed by atoms with Crippen LogP contribution in [0.25, 0.3) is 0 Å². The van der Waals surface area contributed by atoms with E-state index in [0.29, 0.717) is 5.92 Å². The number of hydrogen-bond acceptors (Lipinski definition) is 2. The standard InChI is InChI=1S/C13H17NO/c1-11-4-5-13(7-11,10-15)8-12-3-2-6-14-9-12/h2-3,6,9-11H,4-5,7-8H2,1H3. The minimum atomic E-state index is -0.109. The Labute approximate surface area is 90.7 Å². The molecule has 0 amide bonds. The number of carbonyl (C=O) groups is 1. The van der Waals surface area contributed by atoms with Crippen molar-refractivity contribution >= 4 is 6.29 Å². The van der Waals surface area contributed by atoms with Gasteiger partial charge in [-0.2, -0.15) is 0 Å². The van der Waals surface area contributed by atoms with Crippen molar-refractivity contribution in [1.82, 2.24) is 4.98 Å². The normalized spacial score (nSPS) is 30.3. The molecule has 80 valence electrons. The average Bonchev–Trinajstić information content (AvgIpc) is 2.62. The number of carbonyl (C=O) groups excluding carboxylic acids is 1.